The van der Waals surface area contributed by atoms with E-state index in [1.807, 2.05) is 6.92 Å². The average Bonchev–Trinajstić information content (AvgIpc) is 2.56. The van der Waals surface area contributed by atoms with Gasteiger partial charge in [0.2, 0.25) is 0 Å². The summed E-state index contributed by atoms with van der Waals surface area (Å²) in [4.78, 5) is 10.6. The van der Waals surface area contributed by atoms with Gasteiger partial charge in [-0.1, -0.05) is 12.1 Å². The third-order valence-electron chi connectivity index (χ3n) is 2.07. The van der Waals surface area contributed by atoms with Crippen molar-refractivity contribution in [2.24, 2.45) is 0 Å². The summed E-state index contributed by atoms with van der Waals surface area (Å²) in [5, 5.41) is 16.7. The van der Waals surface area contributed by atoms with Gasteiger partial charge in [0.1, 0.15) is 5.69 Å². The molecule has 1 N–H and O–H groups in total. The SMILES string of the molecule is CCc1c(C=O)nnn1CCC(C)O. The topological polar surface area (TPSA) is 68.0 Å². The molecule has 0 radical (unpaired) electrons. The molecule has 0 aromatic carbocycles. The molecule has 0 amide bonds. The minimum atomic E-state index is -0.358. The van der Waals surface area contributed by atoms with Crippen molar-refractivity contribution < 1.29 is 9.90 Å². The smallest absolute Gasteiger partial charge is 0.172 e. The third-order valence-corrected chi connectivity index (χ3v) is 2.07. The lowest BCUT2D eigenvalue weighted by atomic mass is 10.2. The Hall–Kier alpha value is -1.23. The first kappa shape index (κ1) is 10.8. The summed E-state index contributed by atoms with van der Waals surface area (Å²) in [6, 6.07) is 0. The van der Waals surface area contributed by atoms with Gasteiger partial charge in [0, 0.05) is 6.54 Å². The van der Waals surface area contributed by atoms with E-state index < -0.39 is 0 Å². The Balaban J connectivity index is 2.76. The molecular formula is C9H15N3O2. The fourth-order valence-corrected chi connectivity index (χ4v) is 1.29. The highest BCUT2D eigenvalue weighted by molar-refractivity contribution is 5.73. The lowest BCUT2D eigenvalue weighted by molar-refractivity contribution is 0.111. The summed E-state index contributed by atoms with van der Waals surface area (Å²) >= 11 is 0. The van der Waals surface area contributed by atoms with E-state index in [1.54, 1.807) is 11.6 Å². The van der Waals surface area contributed by atoms with Gasteiger partial charge < -0.3 is 5.11 Å². The first-order valence-electron chi connectivity index (χ1n) is 4.74. The highest BCUT2D eigenvalue weighted by Gasteiger charge is 2.10. The van der Waals surface area contributed by atoms with Gasteiger partial charge in [0.15, 0.2) is 6.29 Å². The van der Waals surface area contributed by atoms with Gasteiger partial charge in [0.25, 0.3) is 0 Å². The van der Waals surface area contributed by atoms with Crippen LogP contribution < -0.4 is 0 Å². The van der Waals surface area contributed by atoms with Crippen LogP contribution in [0.4, 0.5) is 0 Å². The highest BCUT2D eigenvalue weighted by atomic mass is 16.3. The molecule has 1 aromatic heterocycles. The number of hydrogen-bond donors (Lipinski definition) is 1. The van der Waals surface area contributed by atoms with E-state index in [1.165, 1.54) is 0 Å². The van der Waals surface area contributed by atoms with Gasteiger partial charge in [-0.15, -0.1) is 5.10 Å². The van der Waals surface area contributed by atoms with Gasteiger partial charge in [0.05, 0.1) is 11.8 Å². The van der Waals surface area contributed by atoms with E-state index in [-0.39, 0.29) is 6.10 Å². The number of carbonyl (C=O) groups is 1. The molecule has 5 nitrogen and oxygen atoms in total. The molecule has 0 aliphatic rings. The van der Waals surface area contributed by atoms with E-state index in [2.05, 4.69) is 10.3 Å². The van der Waals surface area contributed by atoms with Crippen molar-refractivity contribution in [2.75, 3.05) is 0 Å². The van der Waals surface area contributed by atoms with Crippen LogP contribution in [-0.4, -0.2) is 32.5 Å². The monoisotopic (exact) mass is 197 g/mol. The Morgan fingerprint density at radius 1 is 1.64 bits per heavy atom. The van der Waals surface area contributed by atoms with Crippen LogP contribution >= 0.6 is 0 Å². The number of aromatic nitrogens is 3. The van der Waals surface area contributed by atoms with E-state index in [4.69, 9.17) is 5.11 Å². The second-order valence-electron chi connectivity index (χ2n) is 3.25. The van der Waals surface area contributed by atoms with Crippen LogP contribution in [0.5, 0.6) is 0 Å². The number of aliphatic hydroxyl groups is 1. The molecular weight excluding hydrogens is 182 g/mol. The van der Waals surface area contributed by atoms with Gasteiger partial charge in [-0.2, -0.15) is 0 Å². The van der Waals surface area contributed by atoms with E-state index in [0.717, 1.165) is 12.1 Å². The summed E-state index contributed by atoms with van der Waals surface area (Å²) < 4.78 is 1.68. The lowest BCUT2D eigenvalue weighted by Gasteiger charge is -2.06. The molecule has 1 atom stereocenters. The quantitative estimate of drug-likeness (QED) is 0.695. The molecule has 0 aliphatic heterocycles. The number of carbonyl (C=O) groups excluding carboxylic acids is 1. The van der Waals surface area contributed by atoms with Crippen LogP contribution in [0.15, 0.2) is 0 Å². The maximum absolute atomic E-state index is 10.6. The summed E-state index contributed by atoms with van der Waals surface area (Å²) in [5.74, 6) is 0. The fourth-order valence-electron chi connectivity index (χ4n) is 1.29. The van der Waals surface area contributed by atoms with Crippen LogP contribution in [0, 0.1) is 0 Å². The molecule has 14 heavy (non-hydrogen) atoms. The fraction of sp³-hybridized carbons (Fsp3) is 0.667. The van der Waals surface area contributed by atoms with Crippen molar-refractivity contribution in [2.45, 2.75) is 39.3 Å². The zero-order valence-electron chi connectivity index (χ0n) is 8.47. The summed E-state index contributed by atoms with van der Waals surface area (Å²) in [7, 11) is 0. The van der Waals surface area contributed by atoms with Crippen LogP contribution in [0.25, 0.3) is 0 Å². The number of hydrogen-bond acceptors (Lipinski definition) is 4. The van der Waals surface area contributed by atoms with Crippen LogP contribution in [0.3, 0.4) is 0 Å². The Labute approximate surface area is 82.7 Å². The largest absolute Gasteiger partial charge is 0.393 e. The predicted molar refractivity (Wildman–Crippen MR) is 51.1 cm³/mol. The van der Waals surface area contributed by atoms with Crippen molar-refractivity contribution >= 4 is 6.29 Å². The molecule has 0 spiro atoms. The Kier molecular flexibility index (Phi) is 3.76. The lowest BCUT2D eigenvalue weighted by Crippen LogP contribution is -2.10. The highest BCUT2D eigenvalue weighted by Crippen LogP contribution is 2.05. The molecule has 1 rings (SSSR count). The van der Waals surface area contributed by atoms with Crippen LogP contribution in [0.2, 0.25) is 0 Å². The van der Waals surface area contributed by atoms with Crippen LogP contribution in [-0.2, 0) is 13.0 Å². The molecule has 1 heterocycles. The number of aryl methyl sites for hydroxylation is 1. The second-order valence-corrected chi connectivity index (χ2v) is 3.25. The van der Waals surface area contributed by atoms with Crippen molar-refractivity contribution in [1.29, 1.82) is 0 Å². The summed E-state index contributed by atoms with van der Waals surface area (Å²) in [6.45, 7) is 4.27. The Morgan fingerprint density at radius 3 is 2.86 bits per heavy atom. The van der Waals surface area contributed by atoms with Gasteiger partial charge >= 0.3 is 0 Å². The minimum absolute atomic E-state index is 0.358. The molecule has 0 fully saturated rings. The zero-order valence-corrected chi connectivity index (χ0v) is 8.47. The normalized spacial score (nSPS) is 12.8. The summed E-state index contributed by atoms with van der Waals surface area (Å²) in [5.41, 5.74) is 1.23. The maximum atomic E-state index is 10.6. The van der Waals surface area contributed by atoms with E-state index >= 15 is 0 Å². The zero-order chi connectivity index (χ0) is 10.6. The molecule has 1 aromatic rings. The molecule has 78 valence electrons. The van der Waals surface area contributed by atoms with E-state index in [0.29, 0.717) is 24.9 Å². The maximum Gasteiger partial charge on any atom is 0.172 e. The number of rotatable bonds is 5. The molecule has 0 bridgehead atoms. The predicted octanol–water partition coefficient (Wildman–Crippen LogP) is 0.424. The van der Waals surface area contributed by atoms with Crippen molar-refractivity contribution in [1.82, 2.24) is 15.0 Å². The molecule has 1 unspecified atom stereocenters. The standard InChI is InChI=1S/C9H15N3O2/c1-3-9-8(6-13)10-11-12(9)5-4-7(2)14/h6-7,14H,3-5H2,1-2H3. The van der Waals surface area contributed by atoms with Crippen molar-refractivity contribution in [3.05, 3.63) is 11.4 Å². The van der Waals surface area contributed by atoms with Crippen molar-refractivity contribution in [3.8, 4) is 0 Å². The van der Waals surface area contributed by atoms with Crippen LogP contribution in [0.1, 0.15) is 36.5 Å². The van der Waals surface area contributed by atoms with E-state index in [9.17, 15) is 4.79 Å². The molecule has 0 saturated carbocycles. The van der Waals surface area contributed by atoms with Gasteiger partial charge in [-0.05, 0) is 19.8 Å². The number of aldehydes is 1. The number of aliphatic hydroxyl groups excluding tert-OH is 1. The Morgan fingerprint density at radius 2 is 2.36 bits per heavy atom. The minimum Gasteiger partial charge on any atom is -0.393 e. The average molecular weight is 197 g/mol. The number of nitrogens with zero attached hydrogens (tertiary/aromatic N) is 3. The second kappa shape index (κ2) is 4.85. The molecule has 0 aliphatic carbocycles. The van der Waals surface area contributed by atoms with Gasteiger partial charge in [-0.25, -0.2) is 4.68 Å². The third kappa shape index (κ3) is 2.38. The summed E-state index contributed by atoms with van der Waals surface area (Å²) in [6.07, 6.45) is 1.70. The molecule has 5 heteroatoms. The Bertz CT molecular complexity index is 307. The molecule has 0 saturated heterocycles. The van der Waals surface area contributed by atoms with Crippen molar-refractivity contribution in [3.63, 3.8) is 0 Å². The van der Waals surface area contributed by atoms with Gasteiger partial charge in [-0.3, -0.25) is 4.79 Å². The first-order valence-corrected chi connectivity index (χ1v) is 4.74. The first-order chi connectivity index (χ1) is 6.69.